The molecule has 0 aliphatic carbocycles. The van der Waals surface area contributed by atoms with Crippen LogP contribution in [0.2, 0.25) is 0 Å². The van der Waals surface area contributed by atoms with Crippen molar-refractivity contribution in [2.75, 3.05) is 5.73 Å². The van der Waals surface area contributed by atoms with E-state index in [0.717, 1.165) is 22.6 Å². The molecule has 0 bridgehead atoms. The first-order chi connectivity index (χ1) is 24.3. The van der Waals surface area contributed by atoms with E-state index in [-0.39, 0.29) is 153 Å². The summed E-state index contributed by atoms with van der Waals surface area (Å²) in [5.74, 6) is 3.37. The van der Waals surface area contributed by atoms with Gasteiger partial charge in [0.15, 0.2) is 34.2 Å². The van der Waals surface area contributed by atoms with E-state index in [9.17, 15) is 0 Å². The van der Waals surface area contributed by atoms with Crippen molar-refractivity contribution in [3.8, 4) is 22.9 Å². The second kappa shape index (κ2) is 23.5. The number of nitrogen functional groups attached to an aromatic ring is 1. The number of carbonyl (C=O) groups excluding carboxylic acids is 1. The van der Waals surface area contributed by atoms with Gasteiger partial charge in [0, 0.05) is 0 Å². The number of furan rings is 2. The molecule has 0 aliphatic heterocycles. The van der Waals surface area contributed by atoms with Crippen LogP contribution in [0, 0.1) is 19.3 Å². The van der Waals surface area contributed by atoms with Gasteiger partial charge in [-0.05, 0) is 65.2 Å². The molecule has 6 aromatic heterocycles. The fourth-order valence-corrected chi connectivity index (χ4v) is 4.85. The van der Waals surface area contributed by atoms with Gasteiger partial charge in [0.05, 0.1) is 18.1 Å². The van der Waals surface area contributed by atoms with E-state index in [1.807, 2.05) is 98.8 Å². The zero-order valence-electron chi connectivity index (χ0n) is 29.5. The fraction of sp³-hybridized carbons (Fsp3) is 0.0857. The summed E-state index contributed by atoms with van der Waals surface area (Å²) in [5.41, 5.74) is 10.8. The monoisotopic (exact) mass is 1020 g/mol. The minimum absolute atomic E-state index is 0. The number of carbonyl (C=O) groups is 1. The summed E-state index contributed by atoms with van der Waals surface area (Å²) in [4.78, 5) is 28.1. The summed E-state index contributed by atoms with van der Waals surface area (Å²) in [5, 5.41) is 24.5. The first kappa shape index (κ1) is 46.7. The molecule has 0 saturated heterocycles. The number of nitrogens with two attached hydrogens (primary N) is 1. The van der Waals surface area contributed by atoms with Crippen molar-refractivity contribution in [2.45, 2.75) is 21.3 Å². The molecule has 3 N–H and O–H groups in total. The van der Waals surface area contributed by atoms with Gasteiger partial charge in [-0.2, -0.15) is 10.2 Å². The van der Waals surface area contributed by atoms with E-state index in [4.69, 9.17) is 30.0 Å². The number of benzene rings is 2. The summed E-state index contributed by atoms with van der Waals surface area (Å²) >= 11 is 3.33. The number of hydrogen-bond donors (Lipinski definition) is 2. The van der Waals surface area contributed by atoms with Gasteiger partial charge in [-0.1, -0.05) is 68.1 Å². The molecule has 0 saturated carbocycles. The standard InChI is InChI=1S/C13H11N.C10H7BrN4O.C10H9N5O.CH2O3.CH4.2Cs.H/c14-13(11-7-3-1-4-8-11)12-9-5-2-6-10-12;2*1-6-2-3-7(16-6)9-10-12-5-13-15(10)4-8(11)14-9;2-1-4-3;;;;/h1-10,14H;2-5H,1H3;2-5H,11H2,1H3;1,3H;1H4;;;/q;;;;;2*+1;-1/p-1. The van der Waals surface area contributed by atoms with E-state index in [2.05, 4.69) is 51.0 Å². The van der Waals surface area contributed by atoms with Crippen LogP contribution in [0.4, 0.5) is 5.82 Å². The topological polar surface area (TPSA) is 212 Å². The molecule has 0 spiro atoms. The van der Waals surface area contributed by atoms with Crippen molar-refractivity contribution in [1.82, 2.24) is 39.2 Å². The van der Waals surface area contributed by atoms with Crippen LogP contribution in [0.1, 0.15) is 31.5 Å². The average molecular weight is 1020 g/mol. The third-order valence-corrected chi connectivity index (χ3v) is 7.01. The van der Waals surface area contributed by atoms with Gasteiger partial charge in [-0.25, -0.2) is 29.0 Å². The minimum atomic E-state index is -0.181. The van der Waals surface area contributed by atoms with Gasteiger partial charge >= 0.3 is 138 Å². The largest absolute Gasteiger partial charge is 1.00 e. The van der Waals surface area contributed by atoms with E-state index < -0.39 is 0 Å². The van der Waals surface area contributed by atoms with Gasteiger partial charge in [0.2, 0.25) is 0 Å². The molecule has 18 heteroatoms. The first-order valence-corrected chi connectivity index (χ1v) is 15.4. The average Bonchev–Trinajstić information content (AvgIpc) is 3.97. The van der Waals surface area contributed by atoms with Crippen molar-refractivity contribution in [2.24, 2.45) is 0 Å². The van der Waals surface area contributed by atoms with Gasteiger partial charge in [0.1, 0.15) is 34.6 Å². The molecule has 2 aromatic carbocycles. The Kier molecular flexibility index (Phi) is 20.7. The Bertz CT molecular complexity index is 2180. The Morgan fingerprint density at radius 3 is 1.64 bits per heavy atom. The van der Waals surface area contributed by atoms with E-state index in [1.165, 1.54) is 12.7 Å². The summed E-state index contributed by atoms with van der Waals surface area (Å²) in [6.45, 7) is 3.58. The van der Waals surface area contributed by atoms with E-state index >= 15 is 0 Å². The molecule has 0 radical (unpaired) electrons. The van der Waals surface area contributed by atoms with Crippen molar-refractivity contribution < 1.29 is 163 Å². The third-order valence-electron chi connectivity index (χ3n) is 6.62. The minimum Gasteiger partial charge on any atom is -1.00 e. The molecule has 0 atom stereocenters. The molecule has 0 fully saturated rings. The van der Waals surface area contributed by atoms with Gasteiger partial charge in [0.25, 0.3) is 6.47 Å². The van der Waals surface area contributed by atoms with Crippen LogP contribution < -0.4 is 149 Å². The van der Waals surface area contributed by atoms with Crippen LogP contribution in [0.5, 0.6) is 0 Å². The molecular weight excluding hydrogens is 986 g/mol. The van der Waals surface area contributed by atoms with Crippen LogP contribution in [0.3, 0.4) is 0 Å². The number of halogens is 1. The number of aryl methyl sites for hydroxylation is 2. The van der Waals surface area contributed by atoms with Crippen LogP contribution in [-0.4, -0.2) is 51.3 Å². The number of aromatic nitrogens is 8. The number of fused-ring (bicyclic) bond motifs is 2. The fourth-order valence-electron chi connectivity index (χ4n) is 4.48. The predicted octanol–water partition coefficient (Wildman–Crippen LogP) is 0.0242. The molecule has 0 amide bonds. The summed E-state index contributed by atoms with van der Waals surface area (Å²) in [6.07, 6.45) is 6.31. The van der Waals surface area contributed by atoms with Gasteiger partial charge < -0.3 is 26.1 Å². The smallest absolute Gasteiger partial charge is 1.00 e. The van der Waals surface area contributed by atoms with Crippen molar-refractivity contribution in [3.63, 3.8) is 0 Å². The molecular formula is C35H33BrCs2N10O5. The molecule has 0 aliphatic rings. The summed E-state index contributed by atoms with van der Waals surface area (Å²) in [6, 6.07) is 27.0. The molecule has 8 rings (SSSR count). The molecule has 0 unspecified atom stereocenters. The summed E-state index contributed by atoms with van der Waals surface area (Å²) < 4.78 is 15.0. The number of anilines is 1. The zero-order valence-corrected chi connectivity index (χ0v) is 42.7. The Morgan fingerprint density at radius 2 is 1.23 bits per heavy atom. The van der Waals surface area contributed by atoms with Gasteiger partial charge in [-0.15, -0.1) is 0 Å². The van der Waals surface area contributed by atoms with E-state index in [0.29, 0.717) is 50.3 Å². The van der Waals surface area contributed by atoms with Crippen LogP contribution in [-0.2, 0) is 9.68 Å². The number of hydrogen-bond acceptors (Lipinski definition) is 13. The van der Waals surface area contributed by atoms with Crippen LogP contribution >= 0.6 is 15.9 Å². The number of nitrogens with zero attached hydrogens (tertiary/aromatic N) is 8. The molecule has 262 valence electrons. The Hall–Kier alpha value is -2.42. The van der Waals surface area contributed by atoms with Crippen molar-refractivity contribution in [3.05, 3.63) is 137 Å². The maximum absolute atomic E-state index is 8.64. The SMILES string of the molecule is C.Cc1ccc(-c2nc(Br)cn3ncnc23)o1.Cc1ccc(-c2nc(N)cn3ncnc23)o1.N=C(c1ccccc1)c1ccccc1.O=CO[O-].[Cs+].[Cs+].[H-]. The quantitative estimate of drug-likeness (QED) is 0.101. The first-order valence-electron chi connectivity index (χ1n) is 14.6. The molecule has 53 heavy (non-hydrogen) atoms. The zero-order chi connectivity index (χ0) is 35.5. The van der Waals surface area contributed by atoms with Gasteiger partial charge in [-0.3, -0.25) is 10.2 Å². The molecule has 15 nitrogen and oxygen atoms in total. The second-order valence-corrected chi connectivity index (χ2v) is 10.9. The van der Waals surface area contributed by atoms with Crippen molar-refractivity contribution in [1.29, 1.82) is 5.41 Å². The Balaban J connectivity index is 0.000000373. The van der Waals surface area contributed by atoms with E-state index in [1.54, 1.807) is 21.4 Å². The maximum atomic E-state index is 8.64. The normalized spacial score (nSPS) is 9.66. The second-order valence-electron chi connectivity index (χ2n) is 10.1. The predicted molar refractivity (Wildman–Crippen MR) is 192 cm³/mol. The van der Waals surface area contributed by atoms with Crippen LogP contribution in [0.15, 0.2) is 123 Å². The molecule has 8 aromatic rings. The van der Waals surface area contributed by atoms with Crippen LogP contribution in [0.25, 0.3) is 34.2 Å². The maximum Gasteiger partial charge on any atom is 1.00 e. The van der Waals surface area contributed by atoms with Crippen molar-refractivity contribution >= 4 is 45.2 Å². The third kappa shape index (κ3) is 13.1. The molecule has 6 heterocycles. The number of rotatable bonds is 5. The Labute approximate surface area is 432 Å². The Morgan fingerprint density at radius 1 is 0.792 bits per heavy atom. The summed E-state index contributed by atoms with van der Waals surface area (Å²) in [7, 11) is 0. The number of nitrogens with one attached hydrogen (secondary N) is 1.